The molecule has 8 heteroatoms. The fourth-order valence-corrected chi connectivity index (χ4v) is 4.57. The van der Waals surface area contributed by atoms with E-state index < -0.39 is 0 Å². The van der Waals surface area contributed by atoms with E-state index in [2.05, 4.69) is 45.4 Å². The number of halogens is 1. The van der Waals surface area contributed by atoms with Crippen LogP contribution in [0, 0.1) is 13.8 Å². The maximum absolute atomic E-state index is 5.72. The number of rotatable bonds is 7. The Kier molecular flexibility index (Phi) is 9.73. The molecule has 1 aliphatic heterocycles. The molecule has 1 fully saturated rings. The van der Waals surface area contributed by atoms with Crippen molar-refractivity contribution >= 4 is 41.3 Å². The Morgan fingerprint density at radius 3 is 2.68 bits per heavy atom. The molecular weight excluding hydrogens is 485 g/mol. The Hall–Kier alpha value is -1.13. The molecule has 0 aromatic carbocycles. The van der Waals surface area contributed by atoms with Gasteiger partial charge in [0, 0.05) is 31.4 Å². The van der Waals surface area contributed by atoms with Crippen LogP contribution >= 0.6 is 35.3 Å². The fraction of sp³-hybridized carbons (Fsp3) is 0.600. The highest BCUT2D eigenvalue weighted by atomic mass is 127. The Morgan fingerprint density at radius 2 is 2.07 bits per heavy atom. The maximum atomic E-state index is 5.72. The lowest BCUT2D eigenvalue weighted by Gasteiger charge is -2.33. The molecule has 1 saturated heterocycles. The number of aromatic nitrogens is 1. The van der Waals surface area contributed by atoms with Crippen molar-refractivity contribution in [1.82, 2.24) is 20.5 Å². The van der Waals surface area contributed by atoms with Gasteiger partial charge >= 0.3 is 0 Å². The van der Waals surface area contributed by atoms with E-state index in [0.29, 0.717) is 0 Å². The minimum Gasteiger partial charge on any atom is -0.468 e. The van der Waals surface area contributed by atoms with Gasteiger partial charge in [-0.25, -0.2) is 4.98 Å². The Bertz CT molecular complexity index is 725. The second-order valence-electron chi connectivity index (χ2n) is 7.00. The van der Waals surface area contributed by atoms with E-state index in [1.165, 1.54) is 24.1 Å². The lowest BCUT2D eigenvalue weighted by molar-refractivity contribution is 0.146. The van der Waals surface area contributed by atoms with Gasteiger partial charge in [-0.2, -0.15) is 0 Å². The van der Waals surface area contributed by atoms with Crippen molar-refractivity contribution in [3.8, 4) is 0 Å². The normalized spacial score (nSPS) is 16.5. The van der Waals surface area contributed by atoms with Gasteiger partial charge in [0.25, 0.3) is 0 Å². The Labute approximate surface area is 189 Å². The van der Waals surface area contributed by atoms with Crippen molar-refractivity contribution in [2.24, 2.45) is 4.99 Å². The van der Waals surface area contributed by atoms with Crippen LogP contribution in [0.1, 0.15) is 46.6 Å². The summed E-state index contributed by atoms with van der Waals surface area (Å²) in [6.07, 6.45) is 6.58. The molecule has 156 valence electrons. The zero-order valence-corrected chi connectivity index (χ0v) is 20.2. The van der Waals surface area contributed by atoms with Gasteiger partial charge in [0.15, 0.2) is 5.96 Å². The van der Waals surface area contributed by atoms with Crippen LogP contribution in [0.5, 0.6) is 0 Å². The molecule has 28 heavy (non-hydrogen) atoms. The largest absolute Gasteiger partial charge is 0.468 e. The lowest BCUT2D eigenvalue weighted by atomic mass is 10.1. The summed E-state index contributed by atoms with van der Waals surface area (Å²) >= 11 is 1.78. The SMILES string of the molecule is CN=C(NCCc1sc(C)nc1C)NCC(c1ccco1)N1CCCCC1.I. The van der Waals surface area contributed by atoms with Gasteiger partial charge in [0.05, 0.1) is 23.0 Å². The van der Waals surface area contributed by atoms with Crippen molar-refractivity contribution in [2.45, 2.75) is 45.6 Å². The smallest absolute Gasteiger partial charge is 0.191 e. The molecule has 2 aromatic rings. The van der Waals surface area contributed by atoms with Crippen LogP contribution in [0.25, 0.3) is 0 Å². The number of likely N-dealkylation sites (tertiary alicyclic amines) is 1. The van der Waals surface area contributed by atoms with Gasteiger partial charge in [-0.15, -0.1) is 35.3 Å². The summed E-state index contributed by atoms with van der Waals surface area (Å²) in [5.74, 6) is 1.86. The predicted octanol–water partition coefficient (Wildman–Crippen LogP) is 3.91. The first-order valence-corrected chi connectivity index (χ1v) is 10.6. The van der Waals surface area contributed by atoms with Gasteiger partial charge in [0.1, 0.15) is 5.76 Å². The van der Waals surface area contributed by atoms with Crippen molar-refractivity contribution < 1.29 is 4.42 Å². The number of hydrogen-bond acceptors (Lipinski definition) is 5. The number of guanidine groups is 1. The summed E-state index contributed by atoms with van der Waals surface area (Å²) in [6, 6.07) is 4.29. The molecule has 0 aliphatic carbocycles. The molecule has 0 amide bonds. The summed E-state index contributed by atoms with van der Waals surface area (Å²) in [5, 5.41) is 8.05. The summed E-state index contributed by atoms with van der Waals surface area (Å²) in [7, 11) is 1.82. The zero-order chi connectivity index (χ0) is 19.1. The molecular formula is C20H32IN5OS. The van der Waals surface area contributed by atoms with Crippen LogP contribution in [0.15, 0.2) is 27.8 Å². The van der Waals surface area contributed by atoms with Gasteiger partial charge < -0.3 is 15.1 Å². The number of nitrogens with zero attached hydrogens (tertiary/aromatic N) is 3. The number of nitrogens with one attached hydrogen (secondary N) is 2. The standard InChI is InChI=1S/C20H31N5OS.HI/c1-15-19(27-16(2)24-15)9-10-22-20(21-3)23-14-17(18-8-7-13-26-18)25-11-5-4-6-12-25;/h7-8,13,17H,4-6,9-12,14H2,1-3H3,(H2,21,22,23);1H. The Morgan fingerprint density at radius 1 is 1.29 bits per heavy atom. The summed E-state index contributed by atoms with van der Waals surface area (Å²) < 4.78 is 5.72. The number of hydrogen-bond donors (Lipinski definition) is 2. The maximum Gasteiger partial charge on any atom is 0.191 e. The average Bonchev–Trinajstić information content (AvgIpc) is 3.31. The number of thiazole rings is 1. The molecule has 0 spiro atoms. The minimum atomic E-state index is 0. The van der Waals surface area contributed by atoms with Gasteiger partial charge in [0.2, 0.25) is 0 Å². The molecule has 3 rings (SSSR count). The van der Waals surface area contributed by atoms with Crippen LogP contribution < -0.4 is 10.6 Å². The first-order chi connectivity index (χ1) is 13.2. The molecule has 2 N–H and O–H groups in total. The van der Waals surface area contributed by atoms with Crippen LogP contribution in [-0.2, 0) is 6.42 Å². The van der Waals surface area contributed by atoms with Crippen LogP contribution in [0.4, 0.5) is 0 Å². The van der Waals surface area contributed by atoms with Gasteiger partial charge in [-0.05, 0) is 51.9 Å². The summed E-state index contributed by atoms with van der Waals surface area (Å²) in [5.41, 5.74) is 1.14. The molecule has 3 heterocycles. The predicted molar refractivity (Wildman–Crippen MR) is 127 cm³/mol. The molecule has 0 bridgehead atoms. The third kappa shape index (κ3) is 6.45. The third-order valence-electron chi connectivity index (χ3n) is 5.03. The van der Waals surface area contributed by atoms with E-state index >= 15 is 0 Å². The fourth-order valence-electron chi connectivity index (χ4n) is 3.63. The van der Waals surface area contributed by atoms with Crippen molar-refractivity contribution in [1.29, 1.82) is 0 Å². The summed E-state index contributed by atoms with van der Waals surface area (Å²) in [6.45, 7) is 8.03. The van der Waals surface area contributed by atoms with E-state index in [1.54, 1.807) is 17.6 Å². The second-order valence-corrected chi connectivity index (χ2v) is 8.29. The van der Waals surface area contributed by atoms with E-state index in [1.807, 2.05) is 13.1 Å². The zero-order valence-electron chi connectivity index (χ0n) is 17.0. The van der Waals surface area contributed by atoms with Crippen LogP contribution in [-0.4, -0.2) is 49.1 Å². The first-order valence-electron chi connectivity index (χ1n) is 9.82. The molecule has 1 aliphatic rings. The van der Waals surface area contributed by atoms with Gasteiger partial charge in [-0.3, -0.25) is 9.89 Å². The van der Waals surface area contributed by atoms with Crippen LogP contribution in [0.2, 0.25) is 0 Å². The van der Waals surface area contributed by atoms with Crippen molar-refractivity contribution in [3.63, 3.8) is 0 Å². The highest BCUT2D eigenvalue weighted by Gasteiger charge is 2.24. The third-order valence-corrected chi connectivity index (χ3v) is 6.17. The van der Waals surface area contributed by atoms with E-state index in [-0.39, 0.29) is 30.0 Å². The minimum absolute atomic E-state index is 0. The lowest BCUT2D eigenvalue weighted by Crippen LogP contribution is -2.44. The van der Waals surface area contributed by atoms with Crippen molar-refractivity contribution in [3.05, 3.63) is 39.7 Å². The van der Waals surface area contributed by atoms with E-state index in [9.17, 15) is 0 Å². The second kappa shape index (κ2) is 11.8. The number of furan rings is 1. The van der Waals surface area contributed by atoms with E-state index in [0.717, 1.165) is 55.0 Å². The highest BCUT2D eigenvalue weighted by molar-refractivity contribution is 14.0. The summed E-state index contributed by atoms with van der Waals surface area (Å²) in [4.78, 5) is 12.7. The number of aryl methyl sites for hydroxylation is 2. The topological polar surface area (TPSA) is 65.7 Å². The van der Waals surface area contributed by atoms with Gasteiger partial charge in [-0.1, -0.05) is 6.42 Å². The average molecular weight is 517 g/mol. The monoisotopic (exact) mass is 517 g/mol. The number of piperidine rings is 1. The highest BCUT2D eigenvalue weighted by Crippen LogP contribution is 2.24. The molecule has 1 unspecified atom stereocenters. The van der Waals surface area contributed by atoms with Crippen molar-refractivity contribution in [2.75, 3.05) is 33.2 Å². The molecule has 6 nitrogen and oxygen atoms in total. The Balaban J connectivity index is 0.00000280. The molecule has 2 aromatic heterocycles. The molecule has 0 saturated carbocycles. The molecule has 0 radical (unpaired) electrons. The van der Waals surface area contributed by atoms with Crippen LogP contribution in [0.3, 0.4) is 0 Å². The molecule has 1 atom stereocenters. The number of aliphatic imine (C=N–C) groups is 1. The first kappa shape index (κ1) is 23.2. The quantitative estimate of drug-likeness (QED) is 0.331. The van der Waals surface area contributed by atoms with E-state index in [4.69, 9.17) is 4.42 Å².